The molecule has 3 fully saturated rings. The average Bonchev–Trinajstić information content (AvgIpc) is 2.49. The molecule has 3 rings (SSSR count). The Kier molecular flexibility index (Phi) is 1.91. The van der Waals surface area contributed by atoms with Gasteiger partial charge in [-0.25, -0.2) is 12.7 Å². The third-order valence-corrected chi connectivity index (χ3v) is 5.81. The first kappa shape index (κ1) is 9.12. The largest absolute Gasteiger partial charge is 0.316 e. The van der Waals surface area contributed by atoms with Gasteiger partial charge in [-0.05, 0) is 37.3 Å². The van der Waals surface area contributed by atoms with Gasteiger partial charge in [0.25, 0.3) is 0 Å². The van der Waals surface area contributed by atoms with E-state index >= 15 is 0 Å². The third-order valence-electron chi connectivity index (χ3n) is 3.89. The lowest BCUT2D eigenvalue weighted by atomic mass is 10.3. The summed E-state index contributed by atoms with van der Waals surface area (Å²) >= 11 is 0. The smallest absolute Gasteiger partial charge is 0.214 e. The van der Waals surface area contributed by atoms with Crippen molar-refractivity contribution in [3.05, 3.63) is 0 Å². The summed E-state index contributed by atoms with van der Waals surface area (Å²) in [7, 11) is -2.86. The van der Waals surface area contributed by atoms with Gasteiger partial charge in [-0.2, -0.15) is 0 Å². The van der Waals surface area contributed by atoms with Gasteiger partial charge in [-0.15, -0.1) is 0 Å². The first-order valence-electron chi connectivity index (χ1n) is 5.37. The maximum absolute atomic E-state index is 11.6. The number of rotatable bonds is 2. The number of hydrogen-bond donors (Lipinski definition) is 1. The summed E-state index contributed by atoms with van der Waals surface area (Å²) in [5.74, 6) is 2.56. The van der Waals surface area contributed by atoms with E-state index in [0.717, 1.165) is 44.4 Å². The lowest BCUT2D eigenvalue weighted by Gasteiger charge is -2.15. The van der Waals surface area contributed by atoms with Crippen LogP contribution in [0.2, 0.25) is 0 Å². The first-order valence-corrected chi connectivity index (χ1v) is 6.98. The molecule has 1 aliphatic carbocycles. The number of piperidine rings is 1. The zero-order chi connectivity index (χ0) is 9.76. The second-order valence-electron chi connectivity index (χ2n) is 4.68. The Balaban J connectivity index is 1.64. The Morgan fingerprint density at radius 1 is 1.29 bits per heavy atom. The zero-order valence-corrected chi connectivity index (χ0v) is 8.96. The maximum atomic E-state index is 11.6. The Labute approximate surface area is 84.7 Å². The Morgan fingerprint density at radius 2 is 2.00 bits per heavy atom. The summed E-state index contributed by atoms with van der Waals surface area (Å²) < 4.78 is 24.8. The maximum Gasteiger partial charge on any atom is 0.214 e. The molecule has 1 N–H and O–H groups in total. The molecule has 14 heavy (non-hydrogen) atoms. The molecule has 2 unspecified atom stereocenters. The van der Waals surface area contributed by atoms with Crippen LogP contribution in [0.4, 0.5) is 0 Å². The van der Waals surface area contributed by atoms with Crippen LogP contribution in [0.25, 0.3) is 0 Å². The standard InChI is InChI=1S/C9H16N2O2S/c12-14(13)3-1-2-11(14)6-9-7-4-10-5-8(7)9/h7-10H,1-6H2. The topological polar surface area (TPSA) is 49.4 Å². The van der Waals surface area contributed by atoms with Crippen LogP contribution >= 0.6 is 0 Å². The van der Waals surface area contributed by atoms with E-state index in [4.69, 9.17) is 0 Å². The number of nitrogens with zero attached hydrogens (tertiary/aromatic N) is 1. The first-order chi connectivity index (χ1) is 6.68. The van der Waals surface area contributed by atoms with Crippen molar-refractivity contribution in [2.45, 2.75) is 6.42 Å². The van der Waals surface area contributed by atoms with Gasteiger partial charge in [0.1, 0.15) is 0 Å². The highest BCUT2D eigenvalue weighted by atomic mass is 32.2. The molecule has 2 saturated heterocycles. The lowest BCUT2D eigenvalue weighted by molar-refractivity contribution is 0.399. The van der Waals surface area contributed by atoms with E-state index in [2.05, 4.69) is 5.32 Å². The molecule has 4 nitrogen and oxygen atoms in total. The van der Waals surface area contributed by atoms with E-state index in [9.17, 15) is 8.42 Å². The van der Waals surface area contributed by atoms with Gasteiger partial charge >= 0.3 is 0 Å². The van der Waals surface area contributed by atoms with Gasteiger partial charge in [-0.1, -0.05) is 0 Å². The molecule has 2 heterocycles. The lowest BCUT2D eigenvalue weighted by Crippen LogP contribution is -2.30. The molecule has 80 valence electrons. The third kappa shape index (κ3) is 1.30. The summed E-state index contributed by atoms with van der Waals surface area (Å²) in [5.41, 5.74) is 0. The Morgan fingerprint density at radius 3 is 2.57 bits per heavy atom. The molecule has 0 aromatic heterocycles. The van der Waals surface area contributed by atoms with Crippen LogP contribution in [0.3, 0.4) is 0 Å². The molecule has 5 heteroatoms. The molecule has 0 aromatic rings. The van der Waals surface area contributed by atoms with Crippen molar-refractivity contribution in [3.63, 3.8) is 0 Å². The Bertz CT molecular complexity index is 331. The quantitative estimate of drug-likeness (QED) is 0.676. The second kappa shape index (κ2) is 2.93. The number of fused-ring (bicyclic) bond motifs is 1. The van der Waals surface area contributed by atoms with Crippen molar-refractivity contribution in [3.8, 4) is 0 Å². The number of sulfonamides is 1. The molecule has 0 bridgehead atoms. The highest BCUT2D eigenvalue weighted by molar-refractivity contribution is 7.89. The minimum Gasteiger partial charge on any atom is -0.316 e. The van der Waals surface area contributed by atoms with E-state index in [1.807, 2.05) is 0 Å². The predicted molar refractivity (Wildman–Crippen MR) is 53.3 cm³/mol. The average molecular weight is 216 g/mol. The number of nitrogens with one attached hydrogen (secondary N) is 1. The minimum absolute atomic E-state index is 0.368. The van der Waals surface area contributed by atoms with Gasteiger partial charge in [0.15, 0.2) is 0 Å². The van der Waals surface area contributed by atoms with Crippen LogP contribution in [0, 0.1) is 17.8 Å². The van der Waals surface area contributed by atoms with E-state index in [1.54, 1.807) is 4.31 Å². The van der Waals surface area contributed by atoms with Gasteiger partial charge in [0.2, 0.25) is 10.0 Å². The highest BCUT2D eigenvalue weighted by Gasteiger charge is 2.54. The van der Waals surface area contributed by atoms with Crippen molar-refractivity contribution >= 4 is 10.0 Å². The molecular weight excluding hydrogens is 200 g/mol. The van der Waals surface area contributed by atoms with E-state index in [0.29, 0.717) is 11.7 Å². The number of hydrogen-bond acceptors (Lipinski definition) is 3. The van der Waals surface area contributed by atoms with Crippen molar-refractivity contribution in [1.82, 2.24) is 9.62 Å². The molecule has 2 aliphatic heterocycles. The summed E-state index contributed by atoms with van der Waals surface area (Å²) in [5, 5.41) is 3.33. The van der Waals surface area contributed by atoms with Crippen molar-refractivity contribution in [2.75, 3.05) is 31.9 Å². The predicted octanol–water partition coefficient (Wildman–Crippen LogP) is -0.513. The normalized spacial score (nSPS) is 45.3. The fourth-order valence-corrected chi connectivity index (χ4v) is 4.51. The van der Waals surface area contributed by atoms with Crippen LogP contribution in [0.5, 0.6) is 0 Å². The molecule has 2 atom stereocenters. The second-order valence-corrected chi connectivity index (χ2v) is 6.77. The zero-order valence-electron chi connectivity index (χ0n) is 8.15. The molecule has 3 aliphatic rings. The summed E-state index contributed by atoms with van der Waals surface area (Å²) in [4.78, 5) is 0. The van der Waals surface area contributed by atoms with Crippen LogP contribution < -0.4 is 5.32 Å². The molecule has 0 amide bonds. The highest BCUT2D eigenvalue weighted by Crippen LogP contribution is 2.49. The van der Waals surface area contributed by atoms with Crippen LogP contribution in [-0.4, -0.2) is 44.7 Å². The van der Waals surface area contributed by atoms with Gasteiger partial charge < -0.3 is 5.32 Å². The van der Waals surface area contributed by atoms with Crippen LogP contribution in [0.1, 0.15) is 6.42 Å². The fourth-order valence-electron chi connectivity index (χ4n) is 2.95. The van der Waals surface area contributed by atoms with E-state index in [1.165, 1.54) is 0 Å². The fraction of sp³-hybridized carbons (Fsp3) is 1.00. The molecule has 0 radical (unpaired) electrons. The van der Waals surface area contributed by atoms with Crippen LogP contribution in [0.15, 0.2) is 0 Å². The summed E-state index contributed by atoms with van der Waals surface area (Å²) in [6.45, 7) is 3.75. The van der Waals surface area contributed by atoms with Crippen molar-refractivity contribution in [2.24, 2.45) is 17.8 Å². The van der Waals surface area contributed by atoms with E-state index < -0.39 is 10.0 Å². The molecule has 0 spiro atoms. The Hall–Kier alpha value is -0.130. The van der Waals surface area contributed by atoms with E-state index in [-0.39, 0.29) is 0 Å². The van der Waals surface area contributed by atoms with Crippen LogP contribution in [-0.2, 0) is 10.0 Å². The summed E-state index contributed by atoms with van der Waals surface area (Å²) in [6, 6.07) is 0. The van der Waals surface area contributed by atoms with Gasteiger partial charge in [0, 0.05) is 13.1 Å². The van der Waals surface area contributed by atoms with Crippen molar-refractivity contribution < 1.29 is 8.42 Å². The molecular formula is C9H16N2O2S. The molecule has 0 aromatic carbocycles. The SMILES string of the molecule is O=S1(=O)CCCN1CC1C2CNCC21. The minimum atomic E-state index is -2.86. The van der Waals surface area contributed by atoms with Crippen molar-refractivity contribution in [1.29, 1.82) is 0 Å². The summed E-state index contributed by atoms with van der Waals surface area (Å²) in [6.07, 6.45) is 0.822. The molecule has 1 saturated carbocycles. The van der Waals surface area contributed by atoms with Gasteiger partial charge in [-0.3, -0.25) is 0 Å². The monoisotopic (exact) mass is 216 g/mol. The van der Waals surface area contributed by atoms with Gasteiger partial charge in [0.05, 0.1) is 5.75 Å².